The molecule has 1 rings (SSSR count). The van der Waals surface area contributed by atoms with Gasteiger partial charge in [-0.3, -0.25) is 0 Å². The summed E-state index contributed by atoms with van der Waals surface area (Å²) < 4.78 is 64.4. The van der Waals surface area contributed by atoms with Gasteiger partial charge in [-0.1, -0.05) is 0 Å². The van der Waals surface area contributed by atoms with Gasteiger partial charge in [-0.15, -0.1) is 0 Å². The quantitative estimate of drug-likeness (QED) is 0.629. The minimum Gasteiger partial charge on any atom is -0.494 e. The molecule has 0 aromatic heterocycles. The summed E-state index contributed by atoms with van der Waals surface area (Å²) in [5.74, 6) is -0.601. The first-order valence-corrected chi connectivity index (χ1v) is 7.54. The van der Waals surface area contributed by atoms with E-state index in [1.54, 1.807) is 0 Å². The molecule has 4 nitrogen and oxygen atoms in total. The minimum absolute atomic E-state index is 0.358. The van der Waals surface area contributed by atoms with E-state index in [0.717, 1.165) is 19.2 Å². The number of methoxy groups -OCH3 is 1. The van der Waals surface area contributed by atoms with E-state index >= 15 is 0 Å². The zero-order chi connectivity index (χ0) is 14.8. The number of thioether (sulfide) groups is 1. The molecule has 19 heavy (non-hydrogen) atoms. The lowest BCUT2D eigenvalue weighted by atomic mass is 10.2. The summed E-state index contributed by atoms with van der Waals surface area (Å²) in [5, 5.41) is 8.76. The van der Waals surface area contributed by atoms with Gasteiger partial charge in [0.05, 0.1) is 17.6 Å². The van der Waals surface area contributed by atoms with E-state index in [4.69, 9.17) is 15.9 Å². The van der Waals surface area contributed by atoms with Crippen molar-refractivity contribution in [2.45, 2.75) is 15.3 Å². The molecule has 1 aromatic carbocycles. The summed E-state index contributed by atoms with van der Waals surface area (Å²) in [5.41, 5.74) is -5.06. The molecule has 0 aliphatic carbocycles. The van der Waals surface area contributed by atoms with Crippen LogP contribution in [-0.4, -0.2) is 21.0 Å². The van der Waals surface area contributed by atoms with Crippen molar-refractivity contribution in [3.8, 4) is 11.8 Å². The van der Waals surface area contributed by atoms with Gasteiger partial charge in [-0.05, 0) is 23.9 Å². The van der Waals surface area contributed by atoms with E-state index in [1.807, 2.05) is 0 Å². The highest BCUT2D eigenvalue weighted by Crippen LogP contribution is 2.46. The van der Waals surface area contributed by atoms with Crippen molar-refractivity contribution < 1.29 is 26.3 Å². The summed E-state index contributed by atoms with van der Waals surface area (Å²) >= 11 is -0.637. The molecule has 0 fully saturated rings. The highest BCUT2D eigenvalue weighted by atomic mass is 35.7. The summed E-state index contributed by atoms with van der Waals surface area (Å²) in [4.78, 5) is -1.26. The van der Waals surface area contributed by atoms with E-state index in [2.05, 4.69) is 4.74 Å². The molecular formula is C9H5ClF3NO3S2. The molecule has 0 unspecified atom stereocenters. The molecule has 1 aromatic rings. The van der Waals surface area contributed by atoms with Gasteiger partial charge in [0.15, 0.2) is 5.75 Å². The Balaban J connectivity index is 3.62. The number of nitriles is 1. The van der Waals surface area contributed by atoms with Gasteiger partial charge in [0.25, 0.3) is 9.05 Å². The average Bonchev–Trinajstić information content (AvgIpc) is 2.25. The van der Waals surface area contributed by atoms with Crippen molar-refractivity contribution in [3.05, 3.63) is 17.7 Å². The lowest BCUT2D eigenvalue weighted by Gasteiger charge is -2.14. The fourth-order valence-corrected chi connectivity index (χ4v) is 3.04. The van der Waals surface area contributed by atoms with Gasteiger partial charge >= 0.3 is 5.51 Å². The molecular weight excluding hydrogens is 327 g/mol. The molecule has 0 N–H and O–H groups in total. The highest BCUT2D eigenvalue weighted by Gasteiger charge is 2.34. The lowest BCUT2D eigenvalue weighted by Crippen LogP contribution is -2.05. The molecule has 0 aliphatic heterocycles. The summed E-state index contributed by atoms with van der Waals surface area (Å²) in [7, 11) is 1.80. The first-order valence-electron chi connectivity index (χ1n) is 4.41. The zero-order valence-corrected chi connectivity index (χ0v) is 11.5. The maximum Gasteiger partial charge on any atom is 0.446 e. The van der Waals surface area contributed by atoms with Crippen LogP contribution < -0.4 is 4.74 Å². The standard InChI is InChI=1S/C9H5ClF3NO3S2/c1-17-7-6(19(10,15)16)3-2-5(4-14)8(7)18-9(11,12)13/h2-3H,1H3. The number of halogens is 4. The van der Waals surface area contributed by atoms with Crippen LogP contribution in [0.5, 0.6) is 5.75 Å². The number of nitrogens with zero attached hydrogens (tertiary/aromatic N) is 1. The predicted octanol–water partition coefficient (Wildman–Crippen LogP) is 3.11. The van der Waals surface area contributed by atoms with E-state index < -0.39 is 41.9 Å². The van der Waals surface area contributed by atoms with Gasteiger partial charge in [0.2, 0.25) is 0 Å². The Morgan fingerprint density at radius 2 is 2.00 bits per heavy atom. The smallest absolute Gasteiger partial charge is 0.446 e. The van der Waals surface area contributed by atoms with E-state index in [1.165, 1.54) is 6.07 Å². The van der Waals surface area contributed by atoms with Crippen LogP contribution in [0.2, 0.25) is 0 Å². The van der Waals surface area contributed by atoms with E-state index in [-0.39, 0.29) is 5.56 Å². The third-order valence-electron chi connectivity index (χ3n) is 1.88. The third kappa shape index (κ3) is 3.92. The molecule has 10 heteroatoms. The molecule has 0 bridgehead atoms. The number of rotatable bonds is 3. The Hall–Kier alpha value is -1.11. The topological polar surface area (TPSA) is 67.2 Å². The molecule has 0 saturated carbocycles. The number of alkyl halides is 3. The second-order valence-electron chi connectivity index (χ2n) is 3.07. The van der Waals surface area contributed by atoms with Crippen LogP contribution in [0.1, 0.15) is 5.56 Å². The Labute approximate surface area is 115 Å². The van der Waals surface area contributed by atoms with E-state index in [0.29, 0.717) is 0 Å². The average molecular weight is 332 g/mol. The number of hydrogen-bond acceptors (Lipinski definition) is 5. The predicted molar refractivity (Wildman–Crippen MR) is 62.7 cm³/mol. The first kappa shape index (κ1) is 15.9. The Morgan fingerprint density at radius 3 is 2.37 bits per heavy atom. The minimum atomic E-state index is -4.70. The molecule has 0 heterocycles. The van der Waals surface area contributed by atoms with Crippen molar-refractivity contribution in [1.82, 2.24) is 0 Å². The summed E-state index contributed by atoms with van der Waals surface area (Å²) in [6, 6.07) is 3.39. The molecule has 0 aliphatic rings. The van der Waals surface area contributed by atoms with Crippen LogP contribution in [0.3, 0.4) is 0 Å². The van der Waals surface area contributed by atoms with Crippen LogP contribution in [0.15, 0.2) is 21.9 Å². The molecule has 0 atom stereocenters. The second-order valence-corrected chi connectivity index (χ2v) is 6.68. The number of benzene rings is 1. The molecule has 0 amide bonds. The van der Waals surface area contributed by atoms with Crippen LogP contribution in [-0.2, 0) is 9.05 Å². The van der Waals surface area contributed by atoms with Crippen LogP contribution in [0, 0.1) is 11.3 Å². The van der Waals surface area contributed by atoms with Crippen molar-refractivity contribution in [3.63, 3.8) is 0 Å². The Morgan fingerprint density at radius 1 is 1.42 bits per heavy atom. The monoisotopic (exact) mass is 331 g/mol. The van der Waals surface area contributed by atoms with Gasteiger partial charge in [-0.25, -0.2) is 8.42 Å². The molecule has 104 valence electrons. The van der Waals surface area contributed by atoms with Gasteiger partial charge < -0.3 is 4.74 Å². The van der Waals surface area contributed by atoms with Crippen LogP contribution >= 0.6 is 22.4 Å². The number of hydrogen-bond donors (Lipinski definition) is 0. The van der Waals surface area contributed by atoms with Gasteiger partial charge in [0.1, 0.15) is 11.0 Å². The van der Waals surface area contributed by atoms with E-state index in [9.17, 15) is 21.6 Å². The fraction of sp³-hybridized carbons (Fsp3) is 0.222. The summed E-state index contributed by atoms with van der Waals surface area (Å²) in [6.45, 7) is 0. The highest BCUT2D eigenvalue weighted by molar-refractivity contribution is 8.13. The second kappa shape index (κ2) is 5.48. The Kier molecular flexibility index (Phi) is 4.60. The fourth-order valence-electron chi connectivity index (χ4n) is 1.23. The van der Waals surface area contributed by atoms with Gasteiger partial charge in [-0.2, -0.15) is 18.4 Å². The molecule has 0 spiro atoms. The zero-order valence-electron chi connectivity index (χ0n) is 9.16. The SMILES string of the molecule is COc1c(S(=O)(=O)Cl)ccc(C#N)c1SC(F)(F)F. The van der Waals surface area contributed by atoms with Crippen LogP contribution in [0.25, 0.3) is 0 Å². The number of ether oxygens (including phenoxy) is 1. The van der Waals surface area contributed by atoms with Crippen molar-refractivity contribution in [1.29, 1.82) is 5.26 Å². The molecule has 0 saturated heterocycles. The Bertz CT molecular complexity index is 637. The summed E-state index contributed by atoms with van der Waals surface area (Å²) in [6.07, 6.45) is 0. The first-order chi connectivity index (χ1) is 8.60. The van der Waals surface area contributed by atoms with Crippen molar-refractivity contribution >= 4 is 31.5 Å². The molecule has 0 radical (unpaired) electrons. The van der Waals surface area contributed by atoms with Crippen LogP contribution in [0.4, 0.5) is 13.2 Å². The largest absolute Gasteiger partial charge is 0.494 e. The van der Waals surface area contributed by atoms with Crippen molar-refractivity contribution in [2.24, 2.45) is 0 Å². The normalized spacial score (nSPS) is 12.0. The van der Waals surface area contributed by atoms with Gasteiger partial charge in [0, 0.05) is 10.7 Å². The maximum absolute atomic E-state index is 12.4. The van der Waals surface area contributed by atoms with Crippen molar-refractivity contribution in [2.75, 3.05) is 7.11 Å². The lowest BCUT2D eigenvalue weighted by molar-refractivity contribution is -0.0329. The third-order valence-corrected chi connectivity index (χ3v) is 4.07. The maximum atomic E-state index is 12.4.